The van der Waals surface area contributed by atoms with Crippen LogP contribution >= 0.6 is 0 Å². The van der Waals surface area contributed by atoms with E-state index in [0.29, 0.717) is 17.4 Å². The summed E-state index contributed by atoms with van der Waals surface area (Å²) in [4.78, 5) is 26.2. The quantitative estimate of drug-likeness (QED) is 0.204. The number of para-hydroxylation sites is 1. The molecule has 5 rings (SSSR count). The molecule has 2 atom stereocenters. The van der Waals surface area contributed by atoms with Gasteiger partial charge in [0.1, 0.15) is 5.69 Å². The lowest BCUT2D eigenvalue weighted by molar-refractivity contribution is -0.607. The number of esters is 1. The maximum absolute atomic E-state index is 12.1. The Bertz CT molecular complexity index is 1460. The van der Waals surface area contributed by atoms with Gasteiger partial charge in [0, 0.05) is 17.8 Å². The summed E-state index contributed by atoms with van der Waals surface area (Å²) in [6.45, 7) is 6.21. The molecule has 1 saturated carbocycles. The first-order valence-electron chi connectivity index (χ1n) is 13.0. The molecular formula is C27H32N9O2+. The molecule has 3 heterocycles. The Hall–Kier alpha value is -4.25. The highest BCUT2D eigenvalue weighted by Gasteiger charge is 2.35. The topological polar surface area (TPSA) is 148 Å². The Morgan fingerprint density at radius 3 is 2.84 bits per heavy atom. The van der Waals surface area contributed by atoms with Gasteiger partial charge < -0.3 is 20.8 Å². The number of nitrogens with zero attached hydrogens (tertiary/aromatic N) is 6. The zero-order valence-electron chi connectivity index (χ0n) is 21.8. The lowest BCUT2D eigenvalue weighted by Crippen LogP contribution is -2.84. The van der Waals surface area contributed by atoms with Crippen molar-refractivity contribution in [1.82, 2.24) is 29.9 Å². The van der Waals surface area contributed by atoms with Crippen LogP contribution < -0.4 is 10.6 Å². The number of ether oxygens (including phenoxy) is 1. The van der Waals surface area contributed by atoms with Gasteiger partial charge in [0.25, 0.3) is 5.95 Å². The highest BCUT2D eigenvalue weighted by molar-refractivity contribution is 5.87. The van der Waals surface area contributed by atoms with Crippen LogP contribution in [0.25, 0.3) is 16.9 Å². The second-order valence-corrected chi connectivity index (χ2v) is 9.56. The highest BCUT2D eigenvalue weighted by atomic mass is 16.5. The number of benzene rings is 1. The summed E-state index contributed by atoms with van der Waals surface area (Å²) in [5.41, 5.74) is 3.33. The zero-order valence-corrected chi connectivity index (χ0v) is 21.8. The van der Waals surface area contributed by atoms with Gasteiger partial charge in [-0.05, 0) is 56.7 Å². The number of rotatable bonds is 11. The summed E-state index contributed by atoms with van der Waals surface area (Å²) in [5, 5.41) is 22.9. The molecule has 1 aliphatic rings. The minimum Gasteiger partial charge on any atom is -0.461 e. The molecule has 4 N–H and O–H groups in total. The van der Waals surface area contributed by atoms with Crippen molar-refractivity contribution in [3.63, 3.8) is 0 Å². The van der Waals surface area contributed by atoms with E-state index in [1.165, 1.54) is 17.1 Å². The summed E-state index contributed by atoms with van der Waals surface area (Å²) < 4.78 is 6.37. The molecule has 4 aromatic rings. The third-order valence-corrected chi connectivity index (χ3v) is 6.73. The number of fused-ring (bicyclic) bond motifs is 1. The van der Waals surface area contributed by atoms with Gasteiger partial charge in [-0.25, -0.2) is 9.78 Å². The first-order chi connectivity index (χ1) is 18.5. The maximum Gasteiger partial charge on any atom is 0.360 e. The molecule has 0 saturated heterocycles. The van der Waals surface area contributed by atoms with Gasteiger partial charge in [0.2, 0.25) is 0 Å². The van der Waals surface area contributed by atoms with Gasteiger partial charge in [-0.1, -0.05) is 30.3 Å². The number of nitrogens with two attached hydrogens (primary N) is 1. The Morgan fingerprint density at radius 2 is 2.11 bits per heavy atom. The molecule has 1 fully saturated rings. The molecule has 196 valence electrons. The molecule has 38 heavy (non-hydrogen) atoms. The molecule has 0 radical (unpaired) electrons. The van der Waals surface area contributed by atoms with Crippen LogP contribution in [0.5, 0.6) is 0 Å². The molecule has 1 aliphatic carbocycles. The van der Waals surface area contributed by atoms with E-state index in [1.807, 2.05) is 24.4 Å². The van der Waals surface area contributed by atoms with Crippen molar-refractivity contribution < 1.29 is 14.8 Å². The lowest BCUT2D eigenvalue weighted by atomic mass is 10.0. The van der Waals surface area contributed by atoms with Gasteiger partial charge in [0.05, 0.1) is 30.4 Å². The molecular weight excluding hydrogens is 482 g/mol. The molecule has 1 unspecified atom stereocenters. The molecule has 11 heteroatoms. The standard InChI is InChI=1S/C27H31N9O2/c1-4-16(3)30-24-21(13-28)31-27(36-15-22(34-35-36)26(37)38-5-2)33-25(24)32-23(17-10-11-17)19-12-18-8-6-7-9-20(18)29-14-19/h6-9,12-17,23,28,30H,4-5,10-11H2,1-3H3,(H,31,32,33)/p+1/t16?,23-/m1/s1. The van der Waals surface area contributed by atoms with Gasteiger partial charge in [0.15, 0.2) is 17.2 Å². The van der Waals surface area contributed by atoms with E-state index in [1.54, 1.807) is 6.92 Å². The normalized spacial score (nSPS) is 14.7. The van der Waals surface area contributed by atoms with E-state index in [9.17, 15) is 4.79 Å². The van der Waals surface area contributed by atoms with Crippen molar-refractivity contribution in [1.29, 1.82) is 5.41 Å². The summed E-state index contributed by atoms with van der Waals surface area (Å²) in [6.07, 6.45) is 7.74. The number of hydrogen-bond acceptors (Lipinski definition) is 9. The summed E-state index contributed by atoms with van der Waals surface area (Å²) in [7, 11) is 0. The monoisotopic (exact) mass is 514 g/mol. The number of hydrogen-bond donors (Lipinski definition) is 3. The van der Waals surface area contributed by atoms with Crippen LogP contribution in [0.1, 0.15) is 67.8 Å². The summed E-state index contributed by atoms with van der Waals surface area (Å²) in [5.74, 6) is 0.690. The van der Waals surface area contributed by atoms with Crippen molar-refractivity contribution in [3.05, 3.63) is 59.7 Å². The van der Waals surface area contributed by atoms with Crippen LogP contribution in [0.4, 0.5) is 11.5 Å². The number of aromatic nitrogens is 6. The summed E-state index contributed by atoms with van der Waals surface area (Å²) >= 11 is 0. The van der Waals surface area contributed by atoms with E-state index in [4.69, 9.17) is 15.1 Å². The van der Waals surface area contributed by atoms with Crippen LogP contribution in [-0.4, -0.2) is 54.8 Å². The average Bonchev–Trinajstić information content (AvgIpc) is 3.66. The fourth-order valence-corrected chi connectivity index (χ4v) is 4.33. The van der Waals surface area contributed by atoms with Crippen LogP contribution in [0.3, 0.4) is 0 Å². The molecule has 0 bridgehead atoms. The fourth-order valence-electron chi connectivity index (χ4n) is 4.33. The van der Waals surface area contributed by atoms with E-state index in [-0.39, 0.29) is 30.3 Å². The molecule has 1 aromatic carbocycles. The zero-order chi connectivity index (χ0) is 26.6. The fraction of sp³-hybridized carbons (Fsp3) is 0.370. The van der Waals surface area contributed by atoms with Crippen LogP contribution in [0, 0.1) is 11.3 Å². The van der Waals surface area contributed by atoms with Crippen molar-refractivity contribution in [2.24, 2.45) is 5.92 Å². The van der Waals surface area contributed by atoms with E-state index in [0.717, 1.165) is 41.4 Å². The number of carbonyl (C=O) groups excluding carboxylic acids is 1. The van der Waals surface area contributed by atoms with Crippen LogP contribution in [-0.2, 0) is 4.74 Å². The van der Waals surface area contributed by atoms with E-state index >= 15 is 0 Å². The number of anilines is 1. The van der Waals surface area contributed by atoms with Gasteiger partial charge in [-0.3, -0.25) is 4.98 Å². The van der Waals surface area contributed by atoms with E-state index < -0.39 is 5.97 Å². The summed E-state index contributed by atoms with van der Waals surface area (Å²) in [6, 6.07) is 10.5. The highest BCUT2D eigenvalue weighted by Crippen LogP contribution is 2.43. The predicted octanol–water partition coefficient (Wildman–Crippen LogP) is 3.34. The Morgan fingerprint density at radius 1 is 1.29 bits per heavy atom. The minimum absolute atomic E-state index is 0.0108. The Labute approximate surface area is 220 Å². The minimum atomic E-state index is -0.566. The van der Waals surface area contributed by atoms with Gasteiger partial charge >= 0.3 is 5.97 Å². The van der Waals surface area contributed by atoms with Crippen molar-refractivity contribution >= 4 is 34.6 Å². The second-order valence-electron chi connectivity index (χ2n) is 9.56. The maximum atomic E-state index is 12.1. The third-order valence-electron chi connectivity index (χ3n) is 6.73. The number of carbonyl (C=O) groups is 1. The molecule has 0 spiro atoms. The first kappa shape index (κ1) is 25.4. The van der Waals surface area contributed by atoms with Crippen LogP contribution in [0.15, 0.2) is 42.7 Å². The SMILES string of the molecule is CCOC(=O)c1cn(-c2nc(C=N)c([NH2+]C(C)CC)c(N[C@@H](c3cnc4ccccc4c3)C3CC3)n2)nn1. The molecule has 0 aliphatic heterocycles. The largest absolute Gasteiger partial charge is 0.461 e. The third kappa shape index (κ3) is 5.37. The van der Waals surface area contributed by atoms with Crippen molar-refractivity contribution in [2.45, 2.75) is 52.1 Å². The van der Waals surface area contributed by atoms with Crippen molar-refractivity contribution in [3.8, 4) is 5.95 Å². The van der Waals surface area contributed by atoms with E-state index in [2.05, 4.69) is 56.9 Å². The van der Waals surface area contributed by atoms with Gasteiger partial charge in [-0.2, -0.15) is 9.67 Å². The average molecular weight is 515 g/mol. The van der Waals surface area contributed by atoms with Crippen molar-refractivity contribution in [2.75, 3.05) is 11.9 Å². The Kier molecular flexibility index (Phi) is 7.36. The van der Waals surface area contributed by atoms with Gasteiger partial charge in [-0.15, -0.1) is 5.10 Å². The number of pyridine rings is 1. The Balaban J connectivity index is 1.57. The number of nitrogens with one attached hydrogen (secondary N) is 2. The molecule has 3 aromatic heterocycles. The molecule has 0 amide bonds. The molecule has 11 nitrogen and oxygen atoms in total. The number of quaternary nitrogens is 1. The lowest BCUT2D eigenvalue weighted by Gasteiger charge is -2.22. The predicted molar refractivity (Wildman–Crippen MR) is 143 cm³/mol. The first-order valence-corrected chi connectivity index (χ1v) is 13.0. The second kappa shape index (κ2) is 11.0. The van der Waals surface area contributed by atoms with Crippen LogP contribution in [0.2, 0.25) is 0 Å². The smallest absolute Gasteiger partial charge is 0.360 e.